The lowest BCUT2D eigenvalue weighted by Gasteiger charge is -2.21. The molecule has 0 aliphatic heterocycles. The highest BCUT2D eigenvalue weighted by molar-refractivity contribution is 6.28. The predicted octanol–water partition coefficient (Wildman–Crippen LogP) is 2.06. The molecule has 0 bridgehead atoms. The van der Waals surface area contributed by atoms with Crippen molar-refractivity contribution >= 4 is 23.5 Å². The molecule has 1 heterocycles. The molecule has 1 rings (SSSR count). The Kier molecular flexibility index (Phi) is 4.46. The van der Waals surface area contributed by atoms with Gasteiger partial charge in [-0.2, -0.15) is 20.2 Å². The van der Waals surface area contributed by atoms with Crippen molar-refractivity contribution in [1.82, 2.24) is 15.0 Å². The molecule has 1 atom stereocenters. The van der Waals surface area contributed by atoms with E-state index in [1.807, 2.05) is 13.8 Å². The van der Waals surface area contributed by atoms with Gasteiger partial charge in [-0.3, -0.25) is 0 Å². The van der Waals surface area contributed by atoms with Gasteiger partial charge in [0.05, 0.1) is 6.07 Å². The molecule has 2 N–H and O–H groups in total. The second-order valence-electron chi connectivity index (χ2n) is 3.70. The van der Waals surface area contributed by atoms with Crippen molar-refractivity contribution in [2.75, 3.05) is 17.2 Å². The normalized spacial score (nSPS) is 13.6. The van der Waals surface area contributed by atoms with Crippen LogP contribution in [-0.2, 0) is 0 Å². The lowest BCUT2D eigenvalue weighted by Crippen LogP contribution is -2.33. The van der Waals surface area contributed by atoms with Gasteiger partial charge in [-0.15, -0.1) is 0 Å². The summed E-state index contributed by atoms with van der Waals surface area (Å²) >= 11 is 5.78. The number of nitrogens with zero attached hydrogens (tertiary/aromatic N) is 4. The van der Waals surface area contributed by atoms with Crippen molar-refractivity contribution in [2.45, 2.75) is 32.7 Å². The molecule has 0 saturated heterocycles. The van der Waals surface area contributed by atoms with Crippen LogP contribution in [0.1, 0.15) is 27.2 Å². The van der Waals surface area contributed by atoms with Crippen LogP contribution in [0.25, 0.3) is 0 Å². The highest BCUT2D eigenvalue weighted by Gasteiger charge is 2.22. The molecule has 0 radical (unpaired) electrons. The summed E-state index contributed by atoms with van der Waals surface area (Å²) in [6, 6.07) is 2.17. The number of halogens is 1. The van der Waals surface area contributed by atoms with Gasteiger partial charge in [-0.05, 0) is 31.9 Å². The number of nitriles is 1. The molecule has 0 aliphatic rings. The maximum absolute atomic E-state index is 9.06. The standard InChI is InChI=1S/C10H15ClN6/c1-4-10(3,6-12)17-9-15-7(11)14-8(16-9)13-5-2/h4-5H2,1-3H3,(H2,13,14,15,16,17)/t10-/m1/s1. The number of hydrogen-bond donors (Lipinski definition) is 2. The average Bonchev–Trinajstić information content (AvgIpc) is 2.28. The molecule has 7 heteroatoms. The number of hydrogen-bond acceptors (Lipinski definition) is 6. The van der Waals surface area contributed by atoms with Gasteiger partial charge in [0, 0.05) is 6.54 Å². The Morgan fingerprint density at radius 2 is 1.94 bits per heavy atom. The number of anilines is 2. The van der Waals surface area contributed by atoms with E-state index in [4.69, 9.17) is 16.9 Å². The number of rotatable bonds is 5. The molecule has 0 amide bonds. The first-order chi connectivity index (χ1) is 8.03. The zero-order valence-corrected chi connectivity index (χ0v) is 10.8. The van der Waals surface area contributed by atoms with Gasteiger partial charge in [0.25, 0.3) is 0 Å². The minimum Gasteiger partial charge on any atom is -0.354 e. The average molecular weight is 255 g/mol. The van der Waals surface area contributed by atoms with Crippen LogP contribution < -0.4 is 10.6 Å². The lowest BCUT2D eigenvalue weighted by molar-refractivity contribution is 0.618. The first-order valence-electron chi connectivity index (χ1n) is 5.38. The van der Waals surface area contributed by atoms with E-state index in [1.165, 1.54) is 0 Å². The highest BCUT2D eigenvalue weighted by Crippen LogP contribution is 2.16. The highest BCUT2D eigenvalue weighted by atomic mass is 35.5. The summed E-state index contributed by atoms with van der Waals surface area (Å²) in [4.78, 5) is 12.0. The summed E-state index contributed by atoms with van der Waals surface area (Å²) in [7, 11) is 0. The van der Waals surface area contributed by atoms with E-state index in [0.717, 1.165) is 0 Å². The third-order valence-corrected chi connectivity index (χ3v) is 2.45. The Labute approximate surface area is 105 Å². The number of aromatic nitrogens is 3. The molecular weight excluding hydrogens is 240 g/mol. The quantitative estimate of drug-likeness (QED) is 0.836. The second-order valence-corrected chi connectivity index (χ2v) is 4.04. The Balaban J connectivity index is 2.95. The number of nitrogens with one attached hydrogen (secondary N) is 2. The van der Waals surface area contributed by atoms with Crippen LogP contribution in [0.2, 0.25) is 5.28 Å². The Morgan fingerprint density at radius 1 is 1.29 bits per heavy atom. The van der Waals surface area contributed by atoms with Gasteiger partial charge in [0.15, 0.2) is 0 Å². The molecule has 0 spiro atoms. The molecule has 0 unspecified atom stereocenters. The fourth-order valence-electron chi connectivity index (χ4n) is 1.09. The van der Waals surface area contributed by atoms with Crippen LogP contribution in [0.3, 0.4) is 0 Å². The van der Waals surface area contributed by atoms with Crippen LogP contribution in [0.4, 0.5) is 11.9 Å². The molecule has 0 aliphatic carbocycles. The van der Waals surface area contributed by atoms with Gasteiger partial charge in [0.1, 0.15) is 5.54 Å². The molecule has 92 valence electrons. The molecule has 0 fully saturated rings. The molecule has 17 heavy (non-hydrogen) atoms. The molecule has 1 aromatic rings. The topological polar surface area (TPSA) is 86.5 Å². The van der Waals surface area contributed by atoms with E-state index in [0.29, 0.717) is 24.9 Å². The summed E-state index contributed by atoms with van der Waals surface area (Å²) < 4.78 is 0. The summed E-state index contributed by atoms with van der Waals surface area (Å²) in [5.41, 5.74) is -0.714. The van der Waals surface area contributed by atoms with Crippen LogP contribution in [0.15, 0.2) is 0 Å². The van der Waals surface area contributed by atoms with E-state index in [-0.39, 0.29) is 5.28 Å². The Bertz CT molecular complexity index is 429. The first-order valence-corrected chi connectivity index (χ1v) is 5.75. The SMILES string of the molecule is CCNc1nc(Cl)nc(N[C@@](C)(C#N)CC)n1. The van der Waals surface area contributed by atoms with E-state index < -0.39 is 5.54 Å². The van der Waals surface area contributed by atoms with E-state index in [1.54, 1.807) is 6.92 Å². The van der Waals surface area contributed by atoms with E-state index in [9.17, 15) is 0 Å². The first kappa shape index (κ1) is 13.5. The third kappa shape index (κ3) is 3.71. The summed E-state index contributed by atoms with van der Waals surface area (Å²) in [5, 5.41) is 15.0. The summed E-state index contributed by atoms with van der Waals surface area (Å²) in [6.45, 7) is 6.29. The third-order valence-electron chi connectivity index (χ3n) is 2.28. The monoisotopic (exact) mass is 254 g/mol. The van der Waals surface area contributed by atoms with Crippen molar-refractivity contribution in [1.29, 1.82) is 5.26 Å². The fraction of sp³-hybridized carbons (Fsp3) is 0.600. The van der Waals surface area contributed by atoms with Crippen LogP contribution in [0, 0.1) is 11.3 Å². The largest absolute Gasteiger partial charge is 0.354 e. The zero-order valence-electron chi connectivity index (χ0n) is 10.1. The van der Waals surface area contributed by atoms with Gasteiger partial charge < -0.3 is 10.6 Å². The lowest BCUT2D eigenvalue weighted by atomic mass is 10.0. The fourth-order valence-corrected chi connectivity index (χ4v) is 1.25. The molecular formula is C10H15ClN6. The summed E-state index contributed by atoms with van der Waals surface area (Å²) in [6.07, 6.45) is 0.628. The smallest absolute Gasteiger partial charge is 0.230 e. The van der Waals surface area contributed by atoms with Crippen molar-refractivity contribution in [2.24, 2.45) is 0 Å². The van der Waals surface area contributed by atoms with Crippen LogP contribution in [-0.4, -0.2) is 27.0 Å². The predicted molar refractivity (Wildman–Crippen MR) is 66.9 cm³/mol. The van der Waals surface area contributed by atoms with E-state index in [2.05, 4.69) is 31.7 Å². The van der Waals surface area contributed by atoms with Gasteiger partial charge >= 0.3 is 0 Å². The van der Waals surface area contributed by atoms with Crippen LogP contribution >= 0.6 is 11.6 Å². The minimum atomic E-state index is -0.714. The van der Waals surface area contributed by atoms with Crippen molar-refractivity contribution in [3.8, 4) is 6.07 Å². The Morgan fingerprint density at radius 3 is 2.47 bits per heavy atom. The van der Waals surface area contributed by atoms with Gasteiger partial charge in [0.2, 0.25) is 17.2 Å². The van der Waals surface area contributed by atoms with Crippen LogP contribution in [0.5, 0.6) is 0 Å². The molecule has 0 saturated carbocycles. The summed E-state index contributed by atoms with van der Waals surface area (Å²) in [5.74, 6) is 0.693. The molecule has 6 nitrogen and oxygen atoms in total. The second kappa shape index (κ2) is 5.64. The zero-order chi connectivity index (χ0) is 12.9. The maximum Gasteiger partial charge on any atom is 0.230 e. The van der Waals surface area contributed by atoms with Crippen molar-refractivity contribution in [3.05, 3.63) is 5.28 Å². The Hall–Kier alpha value is -1.61. The molecule has 1 aromatic heterocycles. The van der Waals surface area contributed by atoms with Gasteiger partial charge in [-0.25, -0.2) is 0 Å². The van der Waals surface area contributed by atoms with E-state index >= 15 is 0 Å². The molecule has 0 aromatic carbocycles. The minimum absolute atomic E-state index is 0.0924. The van der Waals surface area contributed by atoms with Crippen molar-refractivity contribution in [3.63, 3.8) is 0 Å². The maximum atomic E-state index is 9.06. The van der Waals surface area contributed by atoms with Gasteiger partial charge in [-0.1, -0.05) is 6.92 Å². The van der Waals surface area contributed by atoms with Crippen molar-refractivity contribution < 1.29 is 0 Å².